The van der Waals surface area contributed by atoms with Crippen LogP contribution in [-0.2, 0) is 6.42 Å². The number of nitrogens with zero attached hydrogens (tertiary/aromatic N) is 1. The van der Waals surface area contributed by atoms with Gasteiger partial charge in [-0.2, -0.15) is 0 Å². The van der Waals surface area contributed by atoms with Gasteiger partial charge >= 0.3 is 0 Å². The molecule has 0 aliphatic carbocycles. The lowest BCUT2D eigenvalue weighted by Gasteiger charge is -2.13. The Morgan fingerprint density at radius 1 is 1.35 bits per heavy atom. The number of hydrogen-bond acceptors (Lipinski definition) is 2. The summed E-state index contributed by atoms with van der Waals surface area (Å²) in [5, 5.41) is 1.19. The van der Waals surface area contributed by atoms with Gasteiger partial charge in [-0.1, -0.05) is 32.4 Å². The maximum Gasteiger partial charge on any atom is 0.0933 e. The Bertz CT molecular complexity index is 532. The van der Waals surface area contributed by atoms with Crippen LogP contribution < -0.4 is 5.73 Å². The lowest BCUT2D eigenvalue weighted by molar-refractivity contribution is 0.558. The summed E-state index contributed by atoms with van der Waals surface area (Å²) < 4.78 is 0. The molecule has 2 N–H and O–H groups in total. The van der Waals surface area contributed by atoms with E-state index >= 15 is 0 Å². The average Bonchev–Trinajstić information content (AvgIpc) is 2.33. The molecule has 0 spiro atoms. The third-order valence-corrected chi connectivity index (χ3v) is 3.57. The van der Waals surface area contributed by atoms with Crippen LogP contribution in [0, 0.1) is 12.8 Å². The van der Waals surface area contributed by atoms with Crippen molar-refractivity contribution in [3.63, 3.8) is 0 Å². The molecule has 2 nitrogen and oxygen atoms in total. The van der Waals surface area contributed by atoms with E-state index in [1.54, 1.807) is 0 Å². The summed E-state index contributed by atoms with van der Waals surface area (Å²) in [6.45, 7) is 6.68. The Morgan fingerprint density at radius 3 is 2.82 bits per heavy atom. The van der Waals surface area contributed by atoms with E-state index < -0.39 is 0 Å². The van der Waals surface area contributed by atoms with Crippen molar-refractivity contribution in [1.29, 1.82) is 0 Å². The zero-order chi connectivity index (χ0) is 12.4. The van der Waals surface area contributed by atoms with Gasteiger partial charge in [0.25, 0.3) is 0 Å². The fraction of sp³-hybridized carbons (Fsp3) is 0.400. The van der Waals surface area contributed by atoms with Gasteiger partial charge in [0.2, 0.25) is 0 Å². The van der Waals surface area contributed by atoms with Crippen molar-refractivity contribution in [3.8, 4) is 0 Å². The van der Waals surface area contributed by atoms with E-state index in [2.05, 4.69) is 31.8 Å². The second-order valence-corrected chi connectivity index (χ2v) is 4.87. The van der Waals surface area contributed by atoms with Crippen LogP contribution in [-0.4, -0.2) is 4.98 Å². The number of benzene rings is 1. The van der Waals surface area contributed by atoms with Crippen molar-refractivity contribution < 1.29 is 0 Å². The van der Waals surface area contributed by atoms with Crippen LogP contribution in [0.15, 0.2) is 24.4 Å². The molecule has 2 heteroatoms. The van der Waals surface area contributed by atoms with Crippen molar-refractivity contribution in [1.82, 2.24) is 4.98 Å². The fourth-order valence-corrected chi connectivity index (χ4v) is 2.15. The monoisotopic (exact) mass is 228 g/mol. The Balaban J connectivity index is 2.51. The maximum absolute atomic E-state index is 5.94. The van der Waals surface area contributed by atoms with E-state index in [-0.39, 0.29) is 0 Å². The van der Waals surface area contributed by atoms with Crippen molar-refractivity contribution in [2.24, 2.45) is 5.92 Å². The lowest BCUT2D eigenvalue weighted by atomic mass is 9.95. The number of para-hydroxylation sites is 1. The van der Waals surface area contributed by atoms with Crippen molar-refractivity contribution in [3.05, 3.63) is 35.5 Å². The van der Waals surface area contributed by atoms with E-state index in [1.165, 1.54) is 22.9 Å². The van der Waals surface area contributed by atoms with Gasteiger partial charge in [0.05, 0.1) is 11.2 Å². The zero-order valence-corrected chi connectivity index (χ0v) is 10.8. The topological polar surface area (TPSA) is 38.9 Å². The summed E-state index contributed by atoms with van der Waals surface area (Å²) in [4.78, 5) is 4.50. The molecule has 2 aromatic rings. The summed E-state index contributed by atoms with van der Waals surface area (Å²) in [5.74, 6) is 0.703. The van der Waals surface area contributed by atoms with Gasteiger partial charge in [0.1, 0.15) is 0 Å². The number of pyridine rings is 1. The molecule has 0 fully saturated rings. The first-order valence-corrected chi connectivity index (χ1v) is 6.26. The van der Waals surface area contributed by atoms with Gasteiger partial charge in [-0.15, -0.1) is 0 Å². The van der Waals surface area contributed by atoms with Gasteiger partial charge in [0.15, 0.2) is 0 Å². The highest BCUT2D eigenvalue weighted by Crippen LogP contribution is 2.25. The predicted octanol–water partition coefficient (Wildman–Crippen LogP) is 3.71. The molecule has 0 amide bonds. The number of nitrogens with two attached hydrogens (primary N) is 1. The normalized spacial score (nSPS) is 12.9. The molecule has 1 unspecified atom stereocenters. The summed E-state index contributed by atoms with van der Waals surface area (Å²) in [5.41, 5.74) is 10.3. The second-order valence-electron chi connectivity index (χ2n) is 4.87. The number of fused-ring (bicyclic) bond motifs is 1. The van der Waals surface area contributed by atoms with Crippen molar-refractivity contribution >= 4 is 16.6 Å². The van der Waals surface area contributed by atoms with E-state index in [0.717, 1.165) is 17.6 Å². The highest BCUT2D eigenvalue weighted by molar-refractivity contribution is 5.91. The maximum atomic E-state index is 5.94. The number of rotatable bonds is 3. The molecule has 1 aromatic heterocycles. The summed E-state index contributed by atoms with van der Waals surface area (Å²) in [7, 11) is 0. The van der Waals surface area contributed by atoms with Gasteiger partial charge < -0.3 is 5.73 Å². The van der Waals surface area contributed by atoms with Crippen LogP contribution in [0.2, 0.25) is 0 Å². The van der Waals surface area contributed by atoms with E-state index in [1.807, 2.05) is 18.3 Å². The molecule has 1 aromatic carbocycles. The number of nitrogen functional groups attached to an aromatic ring is 1. The van der Waals surface area contributed by atoms with Crippen LogP contribution in [0.3, 0.4) is 0 Å². The van der Waals surface area contributed by atoms with Crippen LogP contribution in [0.5, 0.6) is 0 Å². The Morgan fingerprint density at radius 2 is 2.12 bits per heavy atom. The number of aryl methyl sites for hydroxylation is 1. The van der Waals surface area contributed by atoms with Gasteiger partial charge in [-0.05, 0) is 36.5 Å². The molecule has 0 aliphatic heterocycles. The Hall–Kier alpha value is -1.57. The molecule has 0 bridgehead atoms. The highest BCUT2D eigenvalue weighted by Gasteiger charge is 2.09. The Kier molecular flexibility index (Phi) is 3.32. The largest absolute Gasteiger partial charge is 0.397 e. The van der Waals surface area contributed by atoms with Crippen LogP contribution >= 0.6 is 0 Å². The van der Waals surface area contributed by atoms with E-state index in [4.69, 9.17) is 5.73 Å². The molecule has 0 saturated carbocycles. The average molecular weight is 228 g/mol. The van der Waals surface area contributed by atoms with E-state index in [0.29, 0.717) is 5.92 Å². The minimum absolute atomic E-state index is 0.703. The first-order valence-electron chi connectivity index (χ1n) is 6.26. The van der Waals surface area contributed by atoms with Gasteiger partial charge in [-0.3, -0.25) is 4.98 Å². The third kappa shape index (κ3) is 2.26. The number of aromatic nitrogens is 1. The second kappa shape index (κ2) is 4.74. The van der Waals surface area contributed by atoms with Crippen molar-refractivity contribution in [2.75, 3.05) is 5.73 Å². The molecule has 0 radical (unpaired) electrons. The zero-order valence-electron chi connectivity index (χ0n) is 10.8. The molecular weight excluding hydrogens is 208 g/mol. The van der Waals surface area contributed by atoms with Crippen LogP contribution in [0.25, 0.3) is 10.9 Å². The predicted molar refractivity (Wildman–Crippen MR) is 74.1 cm³/mol. The minimum Gasteiger partial charge on any atom is -0.397 e. The fourth-order valence-electron chi connectivity index (χ4n) is 2.15. The number of hydrogen-bond donors (Lipinski definition) is 1. The first-order chi connectivity index (χ1) is 8.13. The Labute approximate surface area is 103 Å². The first kappa shape index (κ1) is 11.9. The van der Waals surface area contributed by atoms with Gasteiger partial charge in [0, 0.05) is 11.6 Å². The summed E-state index contributed by atoms with van der Waals surface area (Å²) >= 11 is 0. The van der Waals surface area contributed by atoms with Crippen LogP contribution in [0.4, 0.5) is 5.69 Å². The van der Waals surface area contributed by atoms with Crippen molar-refractivity contribution in [2.45, 2.75) is 33.6 Å². The molecule has 0 saturated heterocycles. The molecule has 2 rings (SSSR count). The SMILES string of the molecule is CCC(C)Cc1cnc2c(N)cccc2c1C. The lowest BCUT2D eigenvalue weighted by Crippen LogP contribution is -2.02. The molecule has 17 heavy (non-hydrogen) atoms. The van der Waals surface area contributed by atoms with E-state index in [9.17, 15) is 0 Å². The highest BCUT2D eigenvalue weighted by atomic mass is 14.7. The van der Waals surface area contributed by atoms with Crippen LogP contribution in [0.1, 0.15) is 31.4 Å². The molecule has 0 aliphatic rings. The van der Waals surface area contributed by atoms with Gasteiger partial charge in [-0.25, -0.2) is 0 Å². The molecule has 1 atom stereocenters. The molecule has 1 heterocycles. The third-order valence-electron chi connectivity index (χ3n) is 3.57. The molecular formula is C15H20N2. The standard InChI is InChI=1S/C15H20N2/c1-4-10(2)8-12-9-17-15-13(11(12)3)6-5-7-14(15)16/h5-7,9-10H,4,8,16H2,1-3H3. The summed E-state index contributed by atoms with van der Waals surface area (Å²) in [6.07, 6.45) is 4.29. The molecule has 90 valence electrons. The number of anilines is 1. The summed E-state index contributed by atoms with van der Waals surface area (Å²) in [6, 6.07) is 6.01. The minimum atomic E-state index is 0.703. The quantitative estimate of drug-likeness (QED) is 0.813. The smallest absolute Gasteiger partial charge is 0.0933 e.